The van der Waals surface area contributed by atoms with E-state index < -0.39 is 0 Å². The second kappa shape index (κ2) is 12.0. The van der Waals surface area contributed by atoms with Crippen molar-refractivity contribution >= 4 is 16.9 Å². The first-order valence-corrected chi connectivity index (χ1v) is 13.3. The summed E-state index contributed by atoms with van der Waals surface area (Å²) in [5.41, 5.74) is 4.41. The minimum absolute atomic E-state index is 0.0909. The van der Waals surface area contributed by atoms with E-state index in [9.17, 15) is 4.79 Å². The minimum atomic E-state index is 0.0909. The average Bonchev–Trinajstić information content (AvgIpc) is 3.49. The van der Waals surface area contributed by atoms with Gasteiger partial charge in [0.15, 0.2) is 11.5 Å². The van der Waals surface area contributed by atoms with Gasteiger partial charge in [-0.3, -0.25) is 4.79 Å². The molecule has 1 aliphatic heterocycles. The van der Waals surface area contributed by atoms with Crippen LogP contribution in [0, 0.1) is 0 Å². The number of amides is 1. The number of hydrogen-bond acceptors (Lipinski definition) is 4. The molecular weight excluding hydrogens is 474 g/mol. The van der Waals surface area contributed by atoms with Crippen molar-refractivity contribution in [3.63, 3.8) is 0 Å². The van der Waals surface area contributed by atoms with Crippen LogP contribution in [0.5, 0.6) is 11.5 Å². The minimum Gasteiger partial charge on any atom is -0.493 e. The molecule has 1 amide bonds. The number of methoxy groups -OCH3 is 1. The van der Waals surface area contributed by atoms with Crippen molar-refractivity contribution in [2.45, 2.75) is 44.7 Å². The molecule has 6 nitrogen and oxygen atoms in total. The molecule has 0 unspecified atom stereocenters. The van der Waals surface area contributed by atoms with E-state index in [1.165, 1.54) is 0 Å². The zero-order valence-electron chi connectivity index (χ0n) is 22.0. The van der Waals surface area contributed by atoms with Gasteiger partial charge in [0.2, 0.25) is 5.91 Å². The largest absolute Gasteiger partial charge is 0.493 e. The first-order valence-electron chi connectivity index (χ1n) is 13.3. The first kappa shape index (κ1) is 25.6. The van der Waals surface area contributed by atoms with Crippen LogP contribution in [0.2, 0.25) is 0 Å². The summed E-state index contributed by atoms with van der Waals surface area (Å²) in [6.07, 6.45) is 5.02. The molecule has 1 atom stereocenters. The number of hydrogen-bond donors (Lipinski definition) is 0. The molecule has 0 spiro atoms. The summed E-state index contributed by atoms with van der Waals surface area (Å²) in [5.74, 6) is 2.80. The molecule has 4 aromatic rings. The summed E-state index contributed by atoms with van der Waals surface area (Å²) in [6.45, 7) is 6.58. The van der Waals surface area contributed by atoms with Crippen molar-refractivity contribution in [3.05, 3.63) is 102 Å². The summed E-state index contributed by atoms with van der Waals surface area (Å²) in [7, 11) is 1.67. The van der Waals surface area contributed by atoms with Gasteiger partial charge in [0, 0.05) is 32.0 Å². The van der Waals surface area contributed by atoms with Gasteiger partial charge in [-0.25, -0.2) is 4.98 Å². The van der Waals surface area contributed by atoms with E-state index in [1.807, 2.05) is 53.4 Å². The van der Waals surface area contributed by atoms with Crippen LogP contribution in [-0.2, 0) is 24.3 Å². The molecule has 0 saturated carbocycles. The number of aromatic nitrogens is 2. The third-order valence-electron chi connectivity index (χ3n) is 7.12. The van der Waals surface area contributed by atoms with Crippen LogP contribution >= 0.6 is 0 Å². The fourth-order valence-electron chi connectivity index (χ4n) is 5.22. The number of allylic oxidation sites excluding steroid dienone is 1. The van der Waals surface area contributed by atoms with Crippen LogP contribution in [0.15, 0.2) is 85.5 Å². The predicted octanol–water partition coefficient (Wildman–Crippen LogP) is 6.15. The maximum atomic E-state index is 12.9. The predicted molar refractivity (Wildman–Crippen MR) is 151 cm³/mol. The molecule has 0 radical (unpaired) electrons. The van der Waals surface area contributed by atoms with Crippen LogP contribution < -0.4 is 9.47 Å². The standard InChI is InChI=1S/C32H35N3O3/c1-3-11-24-16-17-29(30(20-24)37-2)38-19-10-9-18-35-28-15-8-7-14-27(28)33-32(35)26-21-31(36)34(23-26)22-25-12-5-4-6-13-25/h3-8,12-17,20,26H,1,9-11,18-19,21-23H2,2H3/t26-/m1/s1. The van der Waals surface area contributed by atoms with Gasteiger partial charge in [0.1, 0.15) is 5.82 Å². The number of fused-ring (bicyclic) bond motifs is 1. The molecule has 0 bridgehead atoms. The SMILES string of the molecule is C=CCc1ccc(OCCCCn2c([C@@H]3CC(=O)N(Cc4ccccc4)C3)nc3ccccc32)c(OC)c1. The lowest BCUT2D eigenvalue weighted by molar-refractivity contribution is -0.128. The van der Waals surface area contributed by atoms with E-state index >= 15 is 0 Å². The number of unbranched alkanes of at least 4 members (excludes halogenated alkanes) is 1. The molecule has 6 heteroatoms. The fraction of sp³-hybridized carbons (Fsp3) is 0.312. The van der Waals surface area contributed by atoms with Gasteiger partial charge in [-0.15, -0.1) is 6.58 Å². The number of nitrogens with zero attached hydrogens (tertiary/aromatic N) is 3. The Morgan fingerprint density at radius 2 is 1.82 bits per heavy atom. The topological polar surface area (TPSA) is 56.6 Å². The fourth-order valence-corrected chi connectivity index (χ4v) is 5.22. The Labute approximate surface area is 224 Å². The number of para-hydroxylation sites is 2. The Bertz CT molecular complexity index is 1400. The number of ether oxygens (including phenoxy) is 2. The zero-order chi connectivity index (χ0) is 26.3. The third-order valence-corrected chi connectivity index (χ3v) is 7.12. The molecule has 38 heavy (non-hydrogen) atoms. The summed E-state index contributed by atoms with van der Waals surface area (Å²) >= 11 is 0. The van der Waals surface area contributed by atoms with Crippen LogP contribution in [0.4, 0.5) is 0 Å². The quantitative estimate of drug-likeness (QED) is 0.170. The Kier molecular flexibility index (Phi) is 8.07. The molecule has 1 aliphatic rings. The maximum absolute atomic E-state index is 12.9. The van der Waals surface area contributed by atoms with Crippen molar-refractivity contribution in [2.75, 3.05) is 20.3 Å². The first-order chi connectivity index (χ1) is 18.7. The van der Waals surface area contributed by atoms with Crippen molar-refractivity contribution < 1.29 is 14.3 Å². The lowest BCUT2D eigenvalue weighted by atomic mass is 10.1. The molecule has 1 aromatic heterocycles. The molecule has 196 valence electrons. The Hall–Kier alpha value is -4.06. The summed E-state index contributed by atoms with van der Waals surface area (Å²) in [4.78, 5) is 19.8. The van der Waals surface area contributed by atoms with E-state index in [0.29, 0.717) is 26.1 Å². The van der Waals surface area contributed by atoms with Gasteiger partial charge in [-0.2, -0.15) is 0 Å². The second-order valence-electron chi connectivity index (χ2n) is 9.80. The lowest BCUT2D eigenvalue weighted by Gasteiger charge is -2.17. The van der Waals surface area contributed by atoms with Crippen LogP contribution in [0.1, 0.15) is 42.1 Å². The smallest absolute Gasteiger partial charge is 0.223 e. The van der Waals surface area contributed by atoms with Crippen molar-refractivity contribution in [1.29, 1.82) is 0 Å². The van der Waals surface area contributed by atoms with Crippen molar-refractivity contribution in [1.82, 2.24) is 14.5 Å². The van der Waals surface area contributed by atoms with E-state index in [4.69, 9.17) is 14.5 Å². The average molecular weight is 510 g/mol. The molecule has 5 rings (SSSR count). The van der Waals surface area contributed by atoms with Crippen molar-refractivity contribution in [2.24, 2.45) is 0 Å². The summed E-state index contributed by atoms with van der Waals surface area (Å²) < 4.78 is 13.9. The van der Waals surface area contributed by atoms with Gasteiger partial charge < -0.3 is 18.9 Å². The molecule has 0 aliphatic carbocycles. The number of rotatable bonds is 12. The van der Waals surface area contributed by atoms with E-state index in [-0.39, 0.29) is 11.8 Å². The summed E-state index contributed by atoms with van der Waals surface area (Å²) in [5, 5.41) is 0. The number of benzene rings is 3. The summed E-state index contributed by atoms with van der Waals surface area (Å²) in [6, 6.07) is 24.5. The molecular formula is C32H35N3O3. The van der Waals surface area contributed by atoms with Crippen LogP contribution in [-0.4, -0.2) is 40.6 Å². The number of imidazole rings is 1. The Balaban J connectivity index is 1.23. The van der Waals surface area contributed by atoms with Gasteiger partial charge in [0.25, 0.3) is 0 Å². The number of likely N-dealkylation sites (tertiary alicyclic amines) is 1. The monoisotopic (exact) mass is 509 g/mol. The molecule has 2 heterocycles. The molecule has 0 N–H and O–H groups in total. The lowest BCUT2D eigenvalue weighted by Crippen LogP contribution is -2.24. The maximum Gasteiger partial charge on any atom is 0.223 e. The highest BCUT2D eigenvalue weighted by Crippen LogP contribution is 2.32. The van der Waals surface area contributed by atoms with Gasteiger partial charge in [0.05, 0.1) is 24.8 Å². The van der Waals surface area contributed by atoms with Crippen LogP contribution in [0.3, 0.4) is 0 Å². The Morgan fingerprint density at radius 3 is 2.63 bits per heavy atom. The Morgan fingerprint density at radius 1 is 1.00 bits per heavy atom. The van der Waals surface area contributed by atoms with E-state index in [2.05, 4.69) is 41.5 Å². The van der Waals surface area contributed by atoms with Crippen molar-refractivity contribution in [3.8, 4) is 11.5 Å². The molecule has 3 aromatic carbocycles. The third kappa shape index (κ3) is 5.75. The van der Waals surface area contributed by atoms with Gasteiger partial charge >= 0.3 is 0 Å². The highest BCUT2D eigenvalue weighted by molar-refractivity contribution is 5.81. The number of carbonyl (C=O) groups excluding carboxylic acids is 1. The highest BCUT2D eigenvalue weighted by Gasteiger charge is 2.33. The van der Waals surface area contributed by atoms with Gasteiger partial charge in [-0.05, 0) is 54.7 Å². The van der Waals surface area contributed by atoms with E-state index in [1.54, 1.807) is 7.11 Å². The number of aryl methyl sites for hydroxylation is 1. The van der Waals surface area contributed by atoms with Gasteiger partial charge in [-0.1, -0.05) is 54.6 Å². The second-order valence-corrected chi connectivity index (χ2v) is 9.80. The molecule has 1 saturated heterocycles. The molecule has 1 fully saturated rings. The van der Waals surface area contributed by atoms with Crippen LogP contribution in [0.25, 0.3) is 11.0 Å². The highest BCUT2D eigenvalue weighted by atomic mass is 16.5. The normalized spacial score (nSPS) is 15.2. The van der Waals surface area contributed by atoms with E-state index in [0.717, 1.165) is 65.3 Å². The number of carbonyl (C=O) groups is 1. The zero-order valence-corrected chi connectivity index (χ0v) is 22.0.